The molecular formula is C10H8N2OS2. The van der Waals surface area contributed by atoms with Crippen molar-refractivity contribution in [3.63, 3.8) is 0 Å². The highest BCUT2D eigenvalue weighted by molar-refractivity contribution is 7.12. The molecule has 0 aliphatic carbocycles. The Labute approximate surface area is 95.1 Å². The van der Waals surface area contributed by atoms with E-state index in [1.807, 2.05) is 6.92 Å². The molecule has 2 heterocycles. The molecule has 0 aliphatic rings. The van der Waals surface area contributed by atoms with Crippen LogP contribution in [0.1, 0.15) is 20.4 Å². The lowest BCUT2D eigenvalue weighted by Crippen LogP contribution is -1.91. The Bertz CT molecular complexity index is 485. The number of carbonyl (C=O) groups is 1. The Kier molecular flexibility index (Phi) is 3.03. The van der Waals surface area contributed by atoms with E-state index >= 15 is 0 Å². The molecule has 3 nitrogen and oxygen atoms in total. The molecule has 0 radical (unpaired) electrons. The van der Waals surface area contributed by atoms with Gasteiger partial charge >= 0.3 is 0 Å². The SMILES string of the molecule is Cc1ncsc1/C=C/C(=O)c1nccs1. The van der Waals surface area contributed by atoms with Crippen molar-refractivity contribution >= 4 is 34.5 Å². The fourth-order valence-corrected chi connectivity index (χ4v) is 2.29. The first-order valence-electron chi connectivity index (χ1n) is 4.29. The van der Waals surface area contributed by atoms with E-state index in [2.05, 4.69) is 9.97 Å². The maximum Gasteiger partial charge on any atom is 0.214 e. The molecule has 2 aromatic heterocycles. The number of hydrogen-bond acceptors (Lipinski definition) is 5. The van der Waals surface area contributed by atoms with Gasteiger partial charge in [0.25, 0.3) is 0 Å². The molecule has 15 heavy (non-hydrogen) atoms. The number of rotatable bonds is 3. The Morgan fingerprint density at radius 1 is 1.40 bits per heavy atom. The van der Waals surface area contributed by atoms with E-state index in [0.29, 0.717) is 5.01 Å². The van der Waals surface area contributed by atoms with Crippen LogP contribution in [0, 0.1) is 6.92 Å². The summed E-state index contributed by atoms with van der Waals surface area (Å²) in [6, 6.07) is 0. The monoisotopic (exact) mass is 236 g/mol. The molecule has 2 aromatic rings. The second kappa shape index (κ2) is 4.46. The van der Waals surface area contributed by atoms with Crippen molar-refractivity contribution < 1.29 is 4.79 Å². The minimum atomic E-state index is -0.0576. The van der Waals surface area contributed by atoms with E-state index in [4.69, 9.17) is 0 Å². The van der Waals surface area contributed by atoms with Crippen molar-refractivity contribution in [1.82, 2.24) is 9.97 Å². The van der Waals surface area contributed by atoms with Crippen LogP contribution < -0.4 is 0 Å². The number of aryl methyl sites for hydroxylation is 1. The van der Waals surface area contributed by atoms with Gasteiger partial charge in [-0.3, -0.25) is 4.79 Å². The van der Waals surface area contributed by atoms with Crippen molar-refractivity contribution in [2.75, 3.05) is 0 Å². The van der Waals surface area contributed by atoms with Gasteiger partial charge in [0.1, 0.15) is 0 Å². The summed E-state index contributed by atoms with van der Waals surface area (Å²) in [5.41, 5.74) is 2.71. The van der Waals surface area contributed by atoms with Crippen LogP contribution >= 0.6 is 22.7 Å². The van der Waals surface area contributed by atoms with E-state index in [1.54, 1.807) is 29.2 Å². The molecule has 0 fully saturated rings. The van der Waals surface area contributed by atoms with Gasteiger partial charge in [-0.2, -0.15) is 0 Å². The van der Waals surface area contributed by atoms with Crippen LogP contribution in [0.2, 0.25) is 0 Å². The zero-order chi connectivity index (χ0) is 10.7. The first-order valence-corrected chi connectivity index (χ1v) is 6.05. The molecule has 5 heteroatoms. The molecule has 76 valence electrons. The van der Waals surface area contributed by atoms with Crippen LogP contribution in [0.15, 0.2) is 23.2 Å². The smallest absolute Gasteiger partial charge is 0.214 e. The summed E-state index contributed by atoms with van der Waals surface area (Å²) in [6.45, 7) is 1.92. The van der Waals surface area contributed by atoms with Crippen molar-refractivity contribution in [2.45, 2.75) is 6.92 Å². The number of nitrogens with zero attached hydrogens (tertiary/aromatic N) is 2. The van der Waals surface area contributed by atoms with Crippen LogP contribution in [0.5, 0.6) is 0 Å². The molecule has 2 rings (SSSR count). The number of ketones is 1. The van der Waals surface area contributed by atoms with Gasteiger partial charge in [-0.05, 0) is 19.1 Å². The minimum Gasteiger partial charge on any atom is -0.287 e. The number of aromatic nitrogens is 2. The number of carbonyl (C=O) groups excluding carboxylic acids is 1. The molecule has 0 N–H and O–H groups in total. The summed E-state index contributed by atoms with van der Waals surface area (Å²) in [6.07, 6.45) is 4.96. The molecule has 0 saturated heterocycles. The van der Waals surface area contributed by atoms with Crippen LogP contribution in [-0.4, -0.2) is 15.8 Å². The molecular weight excluding hydrogens is 228 g/mol. The summed E-state index contributed by atoms with van der Waals surface area (Å²) in [4.78, 5) is 20.6. The van der Waals surface area contributed by atoms with E-state index in [9.17, 15) is 4.79 Å². The van der Waals surface area contributed by atoms with Crippen LogP contribution in [0.25, 0.3) is 6.08 Å². The number of thiazole rings is 2. The Balaban J connectivity index is 2.13. The summed E-state index contributed by atoms with van der Waals surface area (Å²) in [5, 5.41) is 2.31. The minimum absolute atomic E-state index is 0.0576. The third kappa shape index (κ3) is 2.37. The average molecular weight is 236 g/mol. The van der Waals surface area contributed by atoms with Gasteiger partial charge in [0, 0.05) is 16.5 Å². The number of hydrogen-bond donors (Lipinski definition) is 0. The average Bonchev–Trinajstić information content (AvgIpc) is 2.85. The molecule has 0 spiro atoms. The highest BCUT2D eigenvalue weighted by atomic mass is 32.1. The van der Waals surface area contributed by atoms with Crippen molar-refractivity contribution in [1.29, 1.82) is 0 Å². The normalized spacial score (nSPS) is 11.0. The van der Waals surface area contributed by atoms with Gasteiger partial charge in [-0.15, -0.1) is 22.7 Å². The van der Waals surface area contributed by atoms with Crippen LogP contribution in [-0.2, 0) is 0 Å². The maximum absolute atomic E-state index is 11.6. The lowest BCUT2D eigenvalue weighted by molar-refractivity contribution is 0.104. The predicted molar refractivity (Wildman–Crippen MR) is 62.3 cm³/mol. The highest BCUT2D eigenvalue weighted by Gasteiger charge is 2.04. The Morgan fingerprint density at radius 2 is 2.27 bits per heavy atom. The zero-order valence-electron chi connectivity index (χ0n) is 8.01. The molecule has 0 bridgehead atoms. The first-order chi connectivity index (χ1) is 7.27. The predicted octanol–water partition coefficient (Wildman–Crippen LogP) is 2.80. The Morgan fingerprint density at radius 3 is 2.87 bits per heavy atom. The summed E-state index contributed by atoms with van der Waals surface area (Å²) in [7, 11) is 0. The van der Waals surface area contributed by atoms with Gasteiger partial charge in [0.05, 0.1) is 11.2 Å². The maximum atomic E-state index is 11.6. The lowest BCUT2D eigenvalue weighted by atomic mass is 10.3. The van der Waals surface area contributed by atoms with Gasteiger partial charge < -0.3 is 0 Å². The number of allylic oxidation sites excluding steroid dienone is 1. The molecule has 0 unspecified atom stereocenters. The quantitative estimate of drug-likeness (QED) is 0.608. The van der Waals surface area contributed by atoms with Crippen molar-refractivity contribution in [2.24, 2.45) is 0 Å². The molecule has 0 saturated carbocycles. The van der Waals surface area contributed by atoms with E-state index in [0.717, 1.165) is 10.6 Å². The van der Waals surface area contributed by atoms with Gasteiger partial charge in [0.2, 0.25) is 5.78 Å². The summed E-state index contributed by atoms with van der Waals surface area (Å²) >= 11 is 2.87. The topological polar surface area (TPSA) is 42.9 Å². The Hall–Kier alpha value is -1.33. The summed E-state index contributed by atoms with van der Waals surface area (Å²) < 4.78 is 0. The van der Waals surface area contributed by atoms with Crippen molar-refractivity contribution in [3.05, 3.63) is 38.7 Å². The largest absolute Gasteiger partial charge is 0.287 e. The molecule has 0 amide bonds. The zero-order valence-corrected chi connectivity index (χ0v) is 9.64. The third-order valence-electron chi connectivity index (χ3n) is 1.81. The van der Waals surface area contributed by atoms with E-state index in [-0.39, 0.29) is 5.78 Å². The van der Waals surface area contributed by atoms with Gasteiger partial charge in [0.15, 0.2) is 5.01 Å². The van der Waals surface area contributed by atoms with E-state index in [1.165, 1.54) is 22.7 Å². The molecule has 0 aliphatic heterocycles. The fourth-order valence-electron chi connectivity index (χ4n) is 1.04. The van der Waals surface area contributed by atoms with E-state index < -0.39 is 0 Å². The second-order valence-corrected chi connectivity index (χ2v) is 4.62. The van der Waals surface area contributed by atoms with Crippen molar-refractivity contribution in [3.8, 4) is 0 Å². The fraction of sp³-hybridized carbons (Fsp3) is 0.100. The lowest BCUT2D eigenvalue weighted by Gasteiger charge is -1.88. The molecule has 0 aromatic carbocycles. The first kappa shape index (κ1) is 10.2. The van der Waals surface area contributed by atoms with Gasteiger partial charge in [-0.1, -0.05) is 0 Å². The second-order valence-electron chi connectivity index (χ2n) is 2.84. The van der Waals surface area contributed by atoms with Crippen LogP contribution in [0.3, 0.4) is 0 Å². The standard InChI is InChI=1S/C10H8N2OS2/c1-7-9(15-6-12-7)3-2-8(13)10-11-4-5-14-10/h2-6H,1H3/b3-2+. The third-order valence-corrected chi connectivity index (χ3v) is 3.50. The van der Waals surface area contributed by atoms with Crippen LogP contribution in [0.4, 0.5) is 0 Å². The molecule has 0 atom stereocenters. The highest BCUT2D eigenvalue weighted by Crippen LogP contribution is 2.15. The van der Waals surface area contributed by atoms with Gasteiger partial charge in [-0.25, -0.2) is 9.97 Å². The summed E-state index contributed by atoms with van der Waals surface area (Å²) in [5.74, 6) is -0.0576.